The van der Waals surface area contributed by atoms with Gasteiger partial charge in [0.1, 0.15) is 11.5 Å². The molecule has 0 aliphatic carbocycles. The zero-order chi connectivity index (χ0) is 58.4. The summed E-state index contributed by atoms with van der Waals surface area (Å²) in [7, 11) is 0. The Kier molecular flexibility index (Phi) is 10.7. The monoisotopic (exact) mass is 1080 g/mol. The first-order valence-corrected chi connectivity index (χ1v) is 30.5. The zero-order valence-corrected chi connectivity index (χ0v) is 53.0. The van der Waals surface area contributed by atoms with E-state index in [1.54, 1.807) is 0 Å². The number of fused-ring (bicyclic) bond motifs is 14. The van der Waals surface area contributed by atoms with E-state index in [0.29, 0.717) is 0 Å². The van der Waals surface area contributed by atoms with Crippen molar-refractivity contribution >= 4 is 107 Å². The fourth-order valence-electron chi connectivity index (χ4n) is 14.4. The number of anilines is 3. The molecule has 414 valence electrons. The van der Waals surface area contributed by atoms with Crippen molar-refractivity contribution in [2.45, 2.75) is 183 Å². The van der Waals surface area contributed by atoms with Crippen LogP contribution in [0.3, 0.4) is 0 Å². The van der Waals surface area contributed by atoms with E-state index in [-0.39, 0.29) is 51.3 Å². The second-order valence-corrected chi connectivity index (χ2v) is 32.4. The van der Waals surface area contributed by atoms with Gasteiger partial charge in [-0.2, -0.15) is 0 Å². The van der Waals surface area contributed by atoms with Gasteiger partial charge in [0.15, 0.2) is 0 Å². The lowest BCUT2D eigenvalue weighted by molar-refractivity contribution is 0.483. The maximum atomic E-state index is 7.72. The van der Waals surface area contributed by atoms with Crippen molar-refractivity contribution in [3.63, 3.8) is 0 Å². The molecule has 0 atom stereocenters. The molecule has 10 aromatic rings. The van der Waals surface area contributed by atoms with E-state index < -0.39 is 0 Å². The molecule has 4 aliphatic rings. The lowest BCUT2D eigenvalue weighted by Crippen LogP contribution is -2.64. The molecule has 0 spiro atoms. The zero-order valence-electron chi connectivity index (χ0n) is 53.0. The SMILES string of the molecule is CC(C)(C)c1ccc(N2c3cc4c(cc3B3c5c2cc(C(C)(C)C)cc5-n2c5ccc(C(C)(C)C)cc5c5cc(C(C)(C)C)cc3c52)B2c3c(cc(C(C)(C)C)cc3-n3c5ccc(C(C)(C)C)cc5c5cc(C(C)(C)C)cc2c53)O4)cc1. The molecule has 0 N–H and O–H groups in total. The number of hydrogen-bond acceptors (Lipinski definition) is 2. The van der Waals surface area contributed by atoms with Crippen LogP contribution in [0.1, 0.15) is 184 Å². The molecule has 6 heteroatoms. The van der Waals surface area contributed by atoms with Crippen molar-refractivity contribution < 1.29 is 4.74 Å². The average Bonchev–Trinajstić information content (AvgIpc) is 1.75. The lowest BCUT2D eigenvalue weighted by atomic mass is 9.30. The largest absolute Gasteiger partial charge is 0.458 e. The third-order valence-corrected chi connectivity index (χ3v) is 19.4. The summed E-state index contributed by atoms with van der Waals surface area (Å²) in [6.45, 7) is 49.3. The first kappa shape index (κ1) is 53.1. The first-order chi connectivity index (χ1) is 38.1. The molecule has 0 radical (unpaired) electrons. The Hall–Kier alpha value is -6.91. The first-order valence-electron chi connectivity index (χ1n) is 30.5. The van der Waals surface area contributed by atoms with Crippen LogP contribution < -0.4 is 42.4 Å². The third kappa shape index (κ3) is 7.63. The number of rotatable bonds is 1. The van der Waals surface area contributed by atoms with Crippen LogP contribution in [0.4, 0.5) is 17.1 Å². The lowest BCUT2D eigenvalue weighted by Gasteiger charge is -2.43. The maximum Gasteiger partial charge on any atom is 0.256 e. The second kappa shape index (κ2) is 16.5. The van der Waals surface area contributed by atoms with Crippen molar-refractivity contribution in [2.75, 3.05) is 4.90 Å². The predicted molar refractivity (Wildman–Crippen MR) is 357 cm³/mol. The minimum atomic E-state index is -0.142. The minimum absolute atomic E-state index is 0.00170. The Labute approximate surface area is 489 Å². The minimum Gasteiger partial charge on any atom is -0.458 e. The number of ether oxygens (including phenoxy) is 1. The van der Waals surface area contributed by atoms with Gasteiger partial charge in [-0.1, -0.05) is 188 Å². The van der Waals surface area contributed by atoms with Crippen molar-refractivity contribution in [1.29, 1.82) is 0 Å². The highest BCUT2D eigenvalue weighted by Gasteiger charge is 2.48. The van der Waals surface area contributed by atoms with Crippen molar-refractivity contribution in [1.82, 2.24) is 9.13 Å². The summed E-state index contributed by atoms with van der Waals surface area (Å²) < 4.78 is 13.0. The molecular formula is C76H83B2N3O. The molecule has 82 heavy (non-hydrogen) atoms. The molecular weight excluding hydrogens is 992 g/mol. The molecule has 0 fully saturated rings. The molecule has 0 saturated heterocycles. The predicted octanol–water partition coefficient (Wildman–Crippen LogP) is 16.5. The van der Waals surface area contributed by atoms with E-state index >= 15 is 0 Å². The highest BCUT2D eigenvalue weighted by atomic mass is 16.5. The smallest absolute Gasteiger partial charge is 0.256 e. The van der Waals surface area contributed by atoms with E-state index in [2.05, 4.69) is 281 Å². The Morgan fingerprint density at radius 1 is 0.293 bits per heavy atom. The van der Waals surface area contributed by atoms with E-state index in [4.69, 9.17) is 4.74 Å². The Balaban J connectivity index is 1.15. The van der Waals surface area contributed by atoms with Gasteiger partial charge in [-0.3, -0.25) is 0 Å². The molecule has 2 aromatic heterocycles. The van der Waals surface area contributed by atoms with E-state index in [0.717, 1.165) is 17.2 Å². The molecule has 4 nitrogen and oxygen atoms in total. The van der Waals surface area contributed by atoms with Crippen molar-refractivity contribution in [2.24, 2.45) is 0 Å². The van der Waals surface area contributed by atoms with Crippen LogP contribution in [0.2, 0.25) is 0 Å². The molecule has 14 rings (SSSR count). The van der Waals surface area contributed by atoms with Crippen LogP contribution in [-0.2, 0) is 37.9 Å². The van der Waals surface area contributed by atoms with E-state index in [1.165, 1.54) is 138 Å². The van der Waals surface area contributed by atoms with Crippen LogP contribution >= 0.6 is 0 Å². The molecule has 4 aliphatic heterocycles. The van der Waals surface area contributed by atoms with Gasteiger partial charge in [0.2, 0.25) is 0 Å². The van der Waals surface area contributed by atoms with Gasteiger partial charge in [-0.25, -0.2) is 0 Å². The summed E-state index contributed by atoms with van der Waals surface area (Å²) in [6, 6.07) is 49.5. The third-order valence-electron chi connectivity index (χ3n) is 19.4. The Morgan fingerprint density at radius 3 is 1.15 bits per heavy atom. The summed E-state index contributed by atoms with van der Waals surface area (Å²) in [5.74, 6) is 1.89. The van der Waals surface area contributed by atoms with Gasteiger partial charge in [-0.15, -0.1) is 0 Å². The summed E-state index contributed by atoms with van der Waals surface area (Å²) in [5, 5.41) is 5.31. The van der Waals surface area contributed by atoms with Gasteiger partial charge in [0.05, 0.1) is 11.0 Å². The summed E-state index contributed by atoms with van der Waals surface area (Å²) in [4.78, 5) is 2.62. The van der Waals surface area contributed by atoms with Gasteiger partial charge in [0.25, 0.3) is 13.4 Å². The van der Waals surface area contributed by atoms with Crippen LogP contribution in [0.25, 0.3) is 55.0 Å². The van der Waals surface area contributed by atoms with Crippen LogP contribution in [-0.4, -0.2) is 22.6 Å². The highest BCUT2D eigenvalue weighted by molar-refractivity contribution is 7.02. The van der Waals surface area contributed by atoms with Crippen molar-refractivity contribution in [3.8, 4) is 22.9 Å². The number of hydrogen-bond donors (Lipinski definition) is 0. The molecule has 0 unspecified atom stereocenters. The van der Waals surface area contributed by atoms with E-state index in [9.17, 15) is 0 Å². The van der Waals surface area contributed by atoms with E-state index in [1.807, 2.05) is 0 Å². The topological polar surface area (TPSA) is 22.3 Å². The van der Waals surface area contributed by atoms with Crippen molar-refractivity contribution in [3.05, 3.63) is 160 Å². The number of nitrogens with zero attached hydrogens (tertiary/aromatic N) is 3. The van der Waals surface area contributed by atoms with Crippen LogP contribution in [0.5, 0.6) is 11.5 Å². The van der Waals surface area contributed by atoms with Crippen LogP contribution in [0, 0.1) is 0 Å². The van der Waals surface area contributed by atoms with Gasteiger partial charge < -0.3 is 18.8 Å². The number of aromatic nitrogens is 2. The molecule has 0 amide bonds. The standard InChI is InChI=1S/C76H83B2N3O/c1-70(2,3)42-22-26-49(27-23-42)79-60-41-64-55(78-57-35-46(74(13,14)15)33-53-51-31-44(72(7,8)9)25-29-59(51)81(69(53)57)63-38-48(76(19,20)21)39-65(82-64)67(63)78)40-54(60)77-56-34-45(73(10,11)12)32-52-50-30-43(71(4,5)6)24-28-58(50)80(68(52)56)62-37-47(75(16,17)18)36-61(79)66(62)77/h22-41H,1-21H3. The molecule has 6 heterocycles. The van der Waals surface area contributed by atoms with Crippen LogP contribution in [0.15, 0.2) is 121 Å². The summed E-state index contributed by atoms with van der Waals surface area (Å²) in [6.07, 6.45) is 0. The van der Waals surface area contributed by atoms with Gasteiger partial charge in [-0.05, 0) is 182 Å². The molecule has 0 saturated carbocycles. The quantitative estimate of drug-likeness (QED) is 0.153. The summed E-state index contributed by atoms with van der Waals surface area (Å²) in [5.41, 5.74) is 27.9. The average molecular weight is 1080 g/mol. The Bertz CT molecular complexity index is 4450. The number of benzene rings is 8. The molecule has 0 bridgehead atoms. The summed E-state index contributed by atoms with van der Waals surface area (Å²) >= 11 is 0. The fraction of sp³-hybridized carbons (Fsp3) is 0.368. The fourth-order valence-corrected chi connectivity index (χ4v) is 14.4. The van der Waals surface area contributed by atoms with Gasteiger partial charge in [0, 0.05) is 67.1 Å². The highest BCUT2D eigenvalue weighted by Crippen LogP contribution is 2.48. The molecule has 8 aromatic carbocycles. The maximum absolute atomic E-state index is 7.72. The second-order valence-electron chi connectivity index (χ2n) is 32.4. The Morgan fingerprint density at radius 2 is 0.683 bits per heavy atom. The van der Waals surface area contributed by atoms with Gasteiger partial charge >= 0.3 is 0 Å². The normalized spacial score (nSPS) is 14.9.